The van der Waals surface area contributed by atoms with Crippen LogP contribution in [0.1, 0.15) is 24.0 Å². The molecule has 0 saturated heterocycles. The van der Waals surface area contributed by atoms with E-state index < -0.39 is 0 Å². The van der Waals surface area contributed by atoms with E-state index in [1.807, 2.05) is 12.4 Å². The number of pyridine rings is 1. The summed E-state index contributed by atoms with van der Waals surface area (Å²) in [5, 5.41) is 0. The molecule has 1 fully saturated rings. The van der Waals surface area contributed by atoms with Crippen molar-refractivity contribution < 1.29 is 0 Å². The predicted molar refractivity (Wildman–Crippen MR) is 45.4 cm³/mol. The second-order valence-electron chi connectivity index (χ2n) is 3.45. The Morgan fingerprint density at radius 1 is 1.55 bits per heavy atom. The second kappa shape index (κ2) is 2.65. The smallest absolute Gasteiger partial charge is 0.0302 e. The molecule has 0 atom stereocenters. The highest BCUT2D eigenvalue weighted by molar-refractivity contribution is 5.22. The highest BCUT2D eigenvalue weighted by Gasteiger charge is 2.21. The molecule has 1 nitrogen and oxygen atoms in total. The van der Waals surface area contributed by atoms with Gasteiger partial charge in [-0.1, -0.05) is 0 Å². The summed E-state index contributed by atoms with van der Waals surface area (Å²) >= 11 is 0. The lowest BCUT2D eigenvalue weighted by molar-refractivity contribution is 0.821. The number of aryl methyl sites for hydroxylation is 1. The Balaban J connectivity index is 2.15. The molecule has 0 aliphatic heterocycles. The van der Waals surface area contributed by atoms with E-state index in [0.29, 0.717) is 0 Å². The second-order valence-corrected chi connectivity index (χ2v) is 3.45. The lowest BCUT2D eigenvalue weighted by Gasteiger charge is -2.01. The first-order valence-electron chi connectivity index (χ1n) is 4.26. The van der Waals surface area contributed by atoms with Crippen molar-refractivity contribution in [1.29, 1.82) is 0 Å². The lowest BCUT2D eigenvalue weighted by Crippen LogP contribution is -1.91. The Kier molecular flexibility index (Phi) is 1.65. The van der Waals surface area contributed by atoms with Gasteiger partial charge in [0, 0.05) is 12.4 Å². The van der Waals surface area contributed by atoms with Crippen molar-refractivity contribution in [1.82, 2.24) is 4.98 Å². The molecule has 58 valence electrons. The third-order valence-electron chi connectivity index (χ3n) is 2.35. The summed E-state index contributed by atoms with van der Waals surface area (Å²) in [5.41, 5.74) is 2.84. The summed E-state index contributed by atoms with van der Waals surface area (Å²) in [6, 6.07) is 2.09. The fourth-order valence-electron chi connectivity index (χ4n) is 1.34. The summed E-state index contributed by atoms with van der Waals surface area (Å²) in [4.78, 5) is 4.13. The van der Waals surface area contributed by atoms with Crippen LogP contribution in [0.4, 0.5) is 0 Å². The number of hydrogen-bond donors (Lipinski definition) is 0. The van der Waals surface area contributed by atoms with Gasteiger partial charge in [0.1, 0.15) is 0 Å². The fourth-order valence-corrected chi connectivity index (χ4v) is 1.34. The molecule has 1 aliphatic rings. The minimum atomic E-state index is 0.970. The van der Waals surface area contributed by atoms with Crippen molar-refractivity contribution in [2.75, 3.05) is 0 Å². The molecule has 0 spiro atoms. The first kappa shape index (κ1) is 6.84. The number of aromatic nitrogens is 1. The van der Waals surface area contributed by atoms with Gasteiger partial charge in [-0.25, -0.2) is 0 Å². The van der Waals surface area contributed by atoms with Gasteiger partial charge < -0.3 is 0 Å². The highest BCUT2D eigenvalue weighted by Crippen LogP contribution is 2.32. The summed E-state index contributed by atoms with van der Waals surface area (Å²) in [5.74, 6) is 0.970. The molecule has 1 aliphatic carbocycles. The van der Waals surface area contributed by atoms with Crippen LogP contribution in [0.15, 0.2) is 18.5 Å². The van der Waals surface area contributed by atoms with Crippen LogP contribution >= 0.6 is 0 Å². The van der Waals surface area contributed by atoms with Crippen molar-refractivity contribution in [3.63, 3.8) is 0 Å². The van der Waals surface area contributed by atoms with Crippen molar-refractivity contribution >= 4 is 0 Å². The summed E-state index contributed by atoms with van der Waals surface area (Å²) in [7, 11) is 0. The average molecular weight is 147 g/mol. The van der Waals surface area contributed by atoms with Crippen LogP contribution in [-0.4, -0.2) is 4.98 Å². The fraction of sp³-hybridized carbons (Fsp3) is 0.500. The Labute approximate surface area is 67.5 Å². The van der Waals surface area contributed by atoms with Gasteiger partial charge in [-0.2, -0.15) is 0 Å². The molecule has 0 N–H and O–H groups in total. The van der Waals surface area contributed by atoms with Gasteiger partial charge in [-0.15, -0.1) is 0 Å². The maximum Gasteiger partial charge on any atom is 0.0302 e. The van der Waals surface area contributed by atoms with E-state index in [1.165, 1.54) is 30.4 Å². The normalized spacial score (nSPS) is 16.8. The molecule has 11 heavy (non-hydrogen) atoms. The topological polar surface area (TPSA) is 12.9 Å². The Hall–Kier alpha value is -0.850. The van der Waals surface area contributed by atoms with Crippen molar-refractivity contribution in [2.45, 2.75) is 26.2 Å². The minimum Gasteiger partial charge on any atom is -0.264 e. The predicted octanol–water partition coefficient (Wildman–Crippen LogP) is 2.34. The summed E-state index contributed by atoms with van der Waals surface area (Å²) in [6.07, 6.45) is 7.97. The third kappa shape index (κ3) is 1.59. The van der Waals surface area contributed by atoms with Crippen LogP contribution in [-0.2, 0) is 6.42 Å². The van der Waals surface area contributed by atoms with Crippen LogP contribution in [0.25, 0.3) is 0 Å². The molecule has 0 aromatic carbocycles. The number of rotatable bonds is 2. The highest BCUT2D eigenvalue weighted by atomic mass is 14.6. The molecule has 2 rings (SSSR count). The molecular formula is C10H13N. The standard InChI is InChI=1S/C10H13N/c1-8-4-5-11-7-10(8)6-9-2-3-9/h4-5,7,9H,2-3,6H2,1H3. The lowest BCUT2D eigenvalue weighted by atomic mass is 10.1. The van der Waals surface area contributed by atoms with Crippen LogP contribution in [0.2, 0.25) is 0 Å². The molecule has 1 aromatic rings. The average Bonchev–Trinajstić information content (AvgIpc) is 2.78. The Morgan fingerprint density at radius 3 is 3.00 bits per heavy atom. The van der Waals surface area contributed by atoms with Crippen LogP contribution < -0.4 is 0 Å². The number of nitrogens with zero attached hydrogens (tertiary/aromatic N) is 1. The van der Waals surface area contributed by atoms with Crippen LogP contribution in [0.3, 0.4) is 0 Å². The van der Waals surface area contributed by atoms with Crippen molar-refractivity contribution in [2.24, 2.45) is 5.92 Å². The molecule has 1 saturated carbocycles. The molecule has 0 unspecified atom stereocenters. The van der Waals surface area contributed by atoms with Gasteiger partial charge in [0.15, 0.2) is 0 Å². The van der Waals surface area contributed by atoms with Gasteiger partial charge in [-0.05, 0) is 49.3 Å². The van der Waals surface area contributed by atoms with E-state index in [2.05, 4.69) is 18.0 Å². The molecule has 0 bridgehead atoms. The zero-order valence-electron chi connectivity index (χ0n) is 6.88. The summed E-state index contributed by atoms with van der Waals surface area (Å²) in [6.45, 7) is 2.17. The van der Waals surface area contributed by atoms with Crippen molar-refractivity contribution in [3.8, 4) is 0 Å². The van der Waals surface area contributed by atoms with Crippen LogP contribution in [0, 0.1) is 12.8 Å². The third-order valence-corrected chi connectivity index (χ3v) is 2.35. The van der Waals surface area contributed by atoms with E-state index >= 15 is 0 Å². The van der Waals surface area contributed by atoms with Gasteiger partial charge in [-0.3, -0.25) is 4.98 Å². The van der Waals surface area contributed by atoms with E-state index in [9.17, 15) is 0 Å². The van der Waals surface area contributed by atoms with Gasteiger partial charge in [0.25, 0.3) is 0 Å². The van der Waals surface area contributed by atoms with Gasteiger partial charge >= 0.3 is 0 Å². The molecule has 0 amide bonds. The van der Waals surface area contributed by atoms with E-state index in [-0.39, 0.29) is 0 Å². The first-order chi connectivity index (χ1) is 5.36. The minimum absolute atomic E-state index is 0.970. The zero-order chi connectivity index (χ0) is 7.68. The quantitative estimate of drug-likeness (QED) is 0.625. The monoisotopic (exact) mass is 147 g/mol. The van der Waals surface area contributed by atoms with E-state index in [4.69, 9.17) is 0 Å². The van der Waals surface area contributed by atoms with Crippen LogP contribution in [0.5, 0.6) is 0 Å². The Morgan fingerprint density at radius 2 is 2.36 bits per heavy atom. The zero-order valence-corrected chi connectivity index (χ0v) is 6.88. The maximum atomic E-state index is 4.13. The molecule has 0 radical (unpaired) electrons. The van der Waals surface area contributed by atoms with E-state index in [0.717, 1.165) is 5.92 Å². The first-order valence-corrected chi connectivity index (χ1v) is 4.26. The molecule has 1 heteroatoms. The maximum absolute atomic E-state index is 4.13. The van der Waals surface area contributed by atoms with E-state index in [1.54, 1.807) is 0 Å². The summed E-state index contributed by atoms with van der Waals surface area (Å²) < 4.78 is 0. The molecular weight excluding hydrogens is 134 g/mol. The van der Waals surface area contributed by atoms with Crippen molar-refractivity contribution in [3.05, 3.63) is 29.6 Å². The number of hydrogen-bond acceptors (Lipinski definition) is 1. The largest absolute Gasteiger partial charge is 0.264 e. The molecule has 1 heterocycles. The van der Waals surface area contributed by atoms with Gasteiger partial charge in [0.2, 0.25) is 0 Å². The molecule has 1 aromatic heterocycles. The van der Waals surface area contributed by atoms with Gasteiger partial charge in [0.05, 0.1) is 0 Å². The SMILES string of the molecule is Cc1ccncc1CC1CC1. The Bertz CT molecular complexity index is 251.